The van der Waals surface area contributed by atoms with Crippen molar-refractivity contribution in [3.63, 3.8) is 0 Å². The Kier molecular flexibility index (Phi) is 7.04. The van der Waals surface area contributed by atoms with Gasteiger partial charge in [-0.05, 0) is 62.6 Å². The van der Waals surface area contributed by atoms with E-state index in [1.165, 1.54) is 12.1 Å². The molecule has 1 amide bonds. The number of benzene rings is 2. The lowest BCUT2D eigenvalue weighted by Gasteiger charge is -2.31. The number of aromatic nitrogens is 1. The van der Waals surface area contributed by atoms with Crippen molar-refractivity contribution >= 4 is 11.7 Å². The first-order chi connectivity index (χ1) is 15.9. The molecule has 2 aromatic carbocycles. The Balaban J connectivity index is 1.32. The SMILES string of the molecule is Cc1cc(C(=O)CN2CCC(NC(=O)c3ccccc3)CC2)c(C)n1Cc1ccc(F)cc1. The average molecular weight is 448 g/mol. The van der Waals surface area contributed by atoms with Crippen LogP contribution in [0.5, 0.6) is 0 Å². The number of rotatable bonds is 7. The zero-order valence-corrected chi connectivity index (χ0v) is 19.2. The molecular formula is C27H30FN3O2. The number of nitrogens with zero attached hydrogens (tertiary/aromatic N) is 2. The second-order valence-electron chi connectivity index (χ2n) is 8.81. The van der Waals surface area contributed by atoms with Crippen LogP contribution < -0.4 is 5.32 Å². The molecule has 3 aromatic rings. The fourth-order valence-corrected chi connectivity index (χ4v) is 4.48. The van der Waals surface area contributed by atoms with Crippen molar-refractivity contribution in [3.8, 4) is 0 Å². The lowest BCUT2D eigenvalue weighted by Crippen LogP contribution is -2.46. The van der Waals surface area contributed by atoms with Crippen molar-refractivity contribution in [2.24, 2.45) is 0 Å². The maximum absolute atomic E-state index is 13.2. The van der Waals surface area contributed by atoms with E-state index in [1.54, 1.807) is 12.1 Å². The summed E-state index contributed by atoms with van der Waals surface area (Å²) in [7, 11) is 0. The number of carbonyl (C=O) groups excluding carboxylic acids is 2. The molecule has 1 aliphatic heterocycles. The third-order valence-corrected chi connectivity index (χ3v) is 6.45. The molecule has 1 aliphatic rings. The molecule has 0 atom stereocenters. The van der Waals surface area contributed by atoms with Crippen LogP contribution in [0.1, 0.15) is 50.5 Å². The number of halogens is 1. The molecule has 0 radical (unpaired) electrons. The molecule has 1 fully saturated rings. The van der Waals surface area contributed by atoms with Crippen LogP contribution in [0.15, 0.2) is 60.7 Å². The van der Waals surface area contributed by atoms with E-state index in [9.17, 15) is 14.0 Å². The van der Waals surface area contributed by atoms with Gasteiger partial charge in [-0.1, -0.05) is 30.3 Å². The topological polar surface area (TPSA) is 54.3 Å². The third kappa shape index (κ3) is 5.57. The number of aryl methyl sites for hydroxylation is 1. The number of Topliss-reactive ketones (excluding diaryl/α,β-unsaturated/α-hetero) is 1. The summed E-state index contributed by atoms with van der Waals surface area (Å²) in [5.41, 5.74) is 4.37. The largest absolute Gasteiger partial charge is 0.349 e. The molecule has 6 heteroatoms. The first-order valence-corrected chi connectivity index (χ1v) is 11.4. The Labute approximate surface area is 194 Å². The standard InChI is InChI=1S/C27H30FN3O2/c1-19-16-25(20(2)31(19)17-21-8-10-23(28)11-9-21)26(32)18-30-14-12-24(13-15-30)29-27(33)22-6-4-3-5-7-22/h3-11,16,24H,12-15,17-18H2,1-2H3,(H,29,33). The van der Waals surface area contributed by atoms with E-state index in [0.717, 1.165) is 48.4 Å². The van der Waals surface area contributed by atoms with Gasteiger partial charge in [0.15, 0.2) is 5.78 Å². The fourth-order valence-electron chi connectivity index (χ4n) is 4.48. The molecule has 0 bridgehead atoms. The third-order valence-electron chi connectivity index (χ3n) is 6.45. The lowest BCUT2D eigenvalue weighted by atomic mass is 10.0. The Hall–Kier alpha value is -3.25. The summed E-state index contributed by atoms with van der Waals surface area (Å²) in [6.07, 6.45) is 1.66. The number of amides is 1. The Bertz CT molecular complexity index is 1110. The number of hydrogen-bond acceptors (Lipinski definition) is 3. The number of ketones is 1. The van der Waals surface area contributed by atoms with Crippen LogP contribution in [-0.4, -0.2) is 46.8 Å². The molecule has 33 heavy (non-hydrogen) atoms. The van der Waals surface area contributed by atoms with Crippen molar-refractivity contribution in [1.82, 2.24) is 14.8 Å². The summed E-state index contributed by atoms with van der Waals surface area (Å²) in [6.45, 7) is 6.50. The highest BCUT2D eigenvalue weighted by molar-refractivity contribution is 5.99. The van der Waals surface area contributed by atoms with E-state index in [1.807, 2.05) is 50.2 Å². The lowest BCUT2D eigenvalue weighted by molar-refractivity contribution is 0.0858. The Morgan fingerprint density at radius 1 is 1.00 bits per heavy atom. The summed E-state index contributed by atoms with van der Waals surface area (Å²) < 4.78 is 15.3. The van der Waals surface area contributed by atoms with Gasteiger partial charge in [-0.2, -0.15) is 0 Å². The summed E-state index contributed by atoms with van der Waals surface area (Å²) >= 11 is 0. The number of piperidine rings is 1. The van der Waals surface area contributed by atoms with Gasteiger partial charge in [0, 0.05) is 48.2 Å². The van der Waals surface area contributed by atoms with E-state index in [4.69, 9.17) is 0 Å². The smallest absolute Gasteiger partial charge is 0.251 e. The van der Waals surface area contributed by atoms with Crippen molar-refractivity contribution in [2.75, 3.05) is 19.6 Å². The van der Waals surface area contributed by atoms with E-state index >= 15 is 0 Å². The molecule has 0 aliphatic carbocycles. The van der Waals surface area contributed by atoms with Crippen molar-refractivity contribution in [3.05, 3.63) is 94.6 Å². The Morgan fingerprint density at radius 3 is 2.33 bits per heavy atom. The minimum Gasteiger partial charge on any atom is -0.349 e. The normalized spacial score (nSPS) is 14.9. The summed E-state index contributed by atoms with van der Waals surface area (Å²) in [5, 5.41) is 3.11. The van der Waals surface area contributed by atoms with Crippen LogP contribution in [-0.2, 0) is 6.54 Å². The van der Waals surface area contributed by atoms with E-state index < -0.39 is 0 Å². The van der Waals surface area contributed by atoms with Gasteiger partial charge in [-0.15, -0.1) is 0 Å². The predicted octanol–water partition coefficient (Wildman–Crippen LogP) is 4.37. The van der Waals surface area contributed by atoms with Crippen LogP contribution in [0.3, 0.4) is 0 Å². The summed E-state index contributed by atoms with van der Waals surface area (Å²) in [4.78, 5) is 27.6. The molecule has 172 valence electrons. The number of nitrogens with one attached hydrogen (secondary N) is 1. The molecule has 0 spiro atoms. The van der Waals surface area contributed by atoms with Gasteiger partial charge in [0.25, 0.3) is 5.91 Å². The first kappa shape index (κ1) is 22.9. The second kappa shape index (κ2) is 10.1. The summed E-state index contributed by atoms with van der Waals surface area (Å²) in [6, 6.07) is 17.8. The van der Waals surface area contributed by atoms with Crippen LogP contribution in [0.2, 0.25) is 0 Å². The molecule has 2 heterocycles. The van der Waals surface area contributed by atoms with Crippen molar-refractivity contribution in [2.45, 2.75) is 39.3 Å². The van der Waals surface area contributed by atoms with Crippen molar-refractivity contribution in [1.29, 1.82) is 0 Å². The molecule has 1 N–H and O–H groups in total. The number of hydrogen-bond donors (Lipinski definition) is 1. The quantitative estimate of drug-likeness (QED) is 0.547. The van der Waals surface area contributed by atoms with E-state index in [-0.39, 0.29) is 23.5 Å². The van der Waals surface area contributed by atoms with Crippen LogP contribution in [0.25, 0.3) is 0 Å². The second-order valence-corrected chi connectivity index (χ2v) is 8.81. The van der Waals surface area contributed by atoms with Crippen LogP contribution in [0.4, 0.5) is 4.39 Å². The Morgan fingerprint density at radius 2 is 1.67 bits per heavy atom. The average Bonchev–Trinajstić information content (AvgIpc) is 3.10. The van der Waals surface area contributed by atoms with Gasteiger partial charge in [-0.3, -0.25) is 14.5 Å². The van der Waals surface area contributed by atoms with Crippen molar-refractivity contribution < 1.29 is 14.0 Å². The van der Waals surface area contributed by atoms with Gasteiger partial charge in [-0.25, -0.2) is 4.39 Å². The first-order valence-electron chi connectivity index (χ1n) is 11.4. The van der Waals surface area contributed by atoms with E-state index in [2.05, 4.69) is 14.8 Å². The molecule has 1 saturated heterocycles. The number of likely N-dealkylation sites (tertiary alicyclic amines) is 1. The van der Waals surface area contributed by atoms with E-state index in [0.29, 0.717) is 18.7 Å². The fraction of sp³-hybridized carbons (Fsp3) is 0.333. The zero-order valence-electron chi connectivity index (χ0n) is 19.2. The van der Waals surface area contributed by atoms with Gasteiger partial charge in [0.1, 0.15) is 5.82 Å². The molecule has 5 nitrogen and oxygen atoms in total. The minimum absolute atomic E-state index is 0.0429. The van der Waals surface area contributed by atoms with Crippen LogP contribution in [0, 0.1) is 19.7 Å². The molecule has 4 rings (SSSR count). The highest BCUT2D eigenvalue weighted by Crippen LogP contribution is 2.20. The van der Waals surface area contributed by atoms with Crippen LogP contribution >= 0.6 is 0 Å². The molecule has 0 unspecified atom stereocenters. The molecule has 1 aromatic heterocycles. The zero-order chi connectivity index (χ0) is 23.4. The molecule has 0 saturated carbocycles. The molecular weight excluding hydrogens is 417 g/mol. The predicted molar refractivity (Wildman–Crippen MR) is 127 cm³/mol. The summed E-state index contributed by atoms with van der Waals surface area (Å²) in [5.74, 6) is -0.182. The maximum Gasteiger partial charge on any atom is 0.251 e. The van der Waals surface area contributed by atoms with Gasteiger partial charge in [0.2, 0.25) is 0 Å². The van der Waals surface area contributed by atoms with Gasteiger partial charge < -0.3 is 9.88 Å². The number of carbonyl (C=O) groups is 2. The van der Waals surface area contributed by atoms with Gasteiger partial charge >= 0.3 is 0 Å². The maximum atomic E-state index is 13.2. The highest BCUT2D eigenvalue weighted by Gasteiger charge is 2.24. The minimum atomic E-state index is -0.251. The van der Waals surface area contributed by atoms with Gasteiger partial charge in [0.05, 0.1) is 6.54 Å². The highest BCUT2D eigenvalue weighted by atomic mass is 19.1. The monoisotopic (exact) mass is 447 g/mol.